The van der Waals surface area contributed by atoms with Gasteiger partial charge in [0, 0.05) is 0 Å². The quantitative estimate of drug-likeness (QED) is 0.524. The SMILES string of the molecule is CCC[C@H](C)/C=C\[C@H](C)CC. The average molecular weight is 154 g/mol. The van der Waals surface area contributed by atoms with Crippen molar-refractivity contribution < 1.29 is 0 Å². The van der Waals surface area contributed by atoms with Crippen LogP contribution in [-0.4, -0.2) is 0 Å². The molecule has 0 heteroatoms. The van der Waals surface area contributed by atoms with Crippen molar-refractivity contribution in [1.82, 2.24) is 0 Å². The first-order valence-corrected chi connectivity index (χ1v) is 4.89. The first-order valence-electron chi connectivity index (χ1n) is 4.89. The highest BCUT2D eigenvalue weighted by atomic mass is 14.0. The van der Waals surface area contributed by atoms with Crippen LogP contribution in [0.4, 0.5) is 0 Å². The van der Waals surface area contributed by atoms with Crippen molar-refractivity contribution in [2.45, 2.75) is 47.0 Å². The van der Waals surface area contributed by atoms with Crippen LogP contribution < -0.4 is 0 Å². The molecule has 0 saturated carbocycles. The van der Waals surface area contributed by atoms with Crippen molar-refractivity contribution in [2.75, 3.05) is 0 Å². The molecule has 0 aromatic carbocycles. The molecule has 0 rings (SSSR count). The van der Waals surface area contributed by atoms with E-state index in [1.165, 1.54) is 19.3 Å². The minimum atomic E-state index is 0.759. The third kappa shape index (κ3) is 6.15. The Kier molecular flexibility index (Phi) is 6.30. The van der Waals surface area contributed by atoms with E-state index in [2.05, 4.69) is 39.8 Å². The lowest BCUT2D eigenvalue weighted by molar-refractivity contribution is 0.619. The lowest BCUT2D eigenvalue weighted by Gasteiger charge is -2.04. The van der Waals surface area contributed by atoms with E-state index < -0.39 is 0 Å². The summed E-state index contributed by atoms with van der Waals surface area (Å²) < 4.78 is 0. The predicted octanol–water partition coefficient (Wildman–Crippen LogP) is 4.02. The molecular formula is C11H22. The Morgan fingerprint density at radius 2 is 1.55 bits per heavy atom. The fraction of sp³-hybridized carbons (Fsp3) is 0.818. The van der Waals surface area contributed by atoms with Gasteiger partial charge in [0.1, 0.15) is 0 Å². The van der Waals surface area contributed by atoms with Crippen molar-refractivity contribution in [1.29, 1.82) is 0 Å². The van der Waals surface area contributed by atoms with E-state index in [1.54, 1.807) is 0 Å². The molecule has 0 unspecified atom stereocenters. The van der Waals surface area contributed by atoms with Gasteiger partial charge in [-0.05, 0) is 18.3 Å². The van der Waals surface area contributed by atoms with Crippen molar-refractivity contribution in [3.63, 3.8) is 0 Å². The van der Waals surface area contributed by atoms with E-state index >= 15 is 0 Å². The van der Waals surface area contributed by atoms with Gasteiger partial charge < -0.3 is 0 Å². The van der Waals surface area contributed by atoms with E-state index in [1.807, 2.05) is 0 Å². The third-order valence-electron chi connectivity index (χ3n) is 2.16. The van der Waals surface area contributed by atoms with Crippen LogP contribution in [0.1, 0.15) is 47.0 Å². The average Bonchev–Trinajstić information content (AvgIpc) is 2.01. The molecule has 0 spiro atoms. The van der Waals surface area contributed by atoms with Gasteiger partial charge in [-0.15, -0.1) is 0 Å². The van der Waals surface area contributed by atoms with Crippen LogP contribution in [0, 0.1) is 11.8 Å². The first kappa shape index (κ1) is 10.7. The van der Waals surface area contributed by atoms with E-state index in [-0.39, 0.29) is 0 Å². The standard InChI is InChI=1S/C11H22/c1-5-7-11(4)9-8-10(3)6-2/h8-11H,5-7H2,1-4H3/b9-8-/t10-,11+/m1/s1. The maximum Gasteiger partial charge on any atom is -0.0262 e. The Bertz CT molecular complexity index is 103. The lowest BCUT2D eigenvalue weighted by atomic mass is 10.0. The zero-order valence-corrected chi connectivity index (χ0v) is 8.43. The fourth-order valence-electron chi connectivity index (χ4n) is 1.07. The second kappa shape index (κ2) is 6.45. The molecule has 0 aromatic rings. The van der Waals surface area contributed by atoms with Gasteiger partial charge in [0.25, 0.3) is 0 Å². The molecule has 0 nitrogen and oxygen atoms in total. The summed E-state index contributed by atoms with van der Waals surface area (Å²) in [6.07, 6.45) is 8.59. The Hall–Kier alpha value is -0.260. The van der Waals surface area contributed by atoms with E-state index in [4.69, 9.17) is 0 Å². The van der Waals surface area contributed by atoms with Crippen molar-refractivity contribution >= 4 is 0 Å². The Balaban J connectivity index is 3.54. The Morgan fingerprint density at radius 3 is 2.00 bits per heavy atom. The van der Waals surface area contributed by atoms with Gasteiger partial charge >= 0.3 is 0 Å². The number of allylic oxidation sites excluding steroid dienone is 2. The Morgan fingerprint density at radius 1 is 1.00 bits per heavy atom. The molecule has 0 aromatic heterocycles. The van der Waals surface area contributed by atoms with Crippen LogP contribution in [0.5, 0.6) is 0 Å². The molecule has 0 amide bonds. The van der Waals surface area contributed by atoms with Gasteiger partial charge in [-0.2, -0.15) is 0 Å². The highest BCUT2D eigenvalue weighted by Gasteiger charge is 1.95. The maximum absolute atomic E-state index is 2.36. The molecular weight excluding hydrogens is 132 g/mol. The van der Waals surface area contributed by atoms with E-state index in [0.717, 1.165) is 11.8 Å². The van der Waals surface area contributed by atoms with E-state index in [9.17, 15) is 0 Å². The van der Waals surface area contributed by atoms with Gasteiger partial charge in [0.2, 0.25) is 0 Å². The molecule has 0 bridgehead atoms. The monoisotopic (exact) mass is 154 g/mol. The van der Waals surface area contributed by atoms with Gasteiger partial charge in [-0.1, -0.05) is 52.7 Å². The van der Waals surface area contributed by atoms with Crippen LogP contribution in [-0.2, 0) is 0 Å². The van der Waals surface area contributed by atoms with Gasteiger partial charge in [0.05, 0.1) is 0 Å². The molecule has 0 fully saturated rings. The molecule has 11 heavy (non-hydrogen) atoms. The van der Waals surface area contributed by atoms with Crippen molar-refractivity contribution in [3.05, 3.63) is 12.2 Å². The Labute approximate surface area is 71.7 Å². The summed E-state index contributed by atoms with van der Waals surface area (Å²) in [5.41, 5.74) is 0. The minimum Gasteiger partial charge on any atom is -0.0854 e. The van der Waals surface area contributed by atoms with Crippen LogP contribution in [0.3, 0.4) is 0 Å². The highest BCUT2D eigenvalue weighted by Crippen LogP contribution is 2.09. The molecule has 0 aliphatic heterocycles. The summed E-state index contributed by atoms with van der Waals surface area (Å²) in [5, 5.41) is 0. The van der Waals surface area contributed by atoms with Crippen molar-refractivity contribution in [2.24, 2.45) is 11.8 Å². The van der Waals surface area contributed by atoms with Crippen LogP contribution in [0.2, 0.25) is 0 Å². The molecule has 0 aliphatic carbocycles. The zero-order chi connectivity index (χ0) is 8.69. The topological polar surface area (TPSA) is 0 Å². The number of hydrogen-bond donors (Lipinski definition) is 0. The maximum atomic E-state index is 2.36. The highest BCUT2D eigenvalue weighted by molar-refractivity contribution is 4.89. The molecule has 0 N–H and O–H groups in total. The minimum absolute atomic E-state index is 0.759. The summed E-state index contributed by atoms with van der Waals surface area (Å²) in [6.45, 7) is 9.05. The van der Waals surface area contributed by atoms with Crippen LogP contribution in [0.25, 0.3) is 0 Å². The van der Waals surface area contributed by atoms with Gasteiger partial charge in [-0.3, -0.25) is 0 Å². The normalized spacial score (nSPS) is 17.1. The molecule has 0 saturated heterocycles. The summed E-state index contributed by atoms with van der Waals surface area (Å²) >= 11 is 0. The smallest absolute Gasteiger partial charge is 0.0262 e. The molecule has 0 aliphatic rings. The summed E-state index contributed by atoms with van der Waals surface area (Å²) in [6, 6.07) is 0. The van der Waals surface area contributed by atoms with E-state index in [0.29, 0.717) is 0 Å². The largest absolute Gasteiger partial charge is 0.0854 e. The predicted molar refractivity (Wildman–Crippen MR) is 52.7 cm³/mol. The lowest BCUT2D eigenvalue weighted by Crippen LogP contribution is -1.90. The molecule has 0 heterocycles. The zero-order valence-electron chi connectivity index (χ0n) is 8.43. The van der Waals surface area contributed by atoms with Gasteiger partial charge in [0.15, 0.2) is 0 Å². The van der Waals surface area contributed by atoms with Crippen LogP contribution >= 0.6 is 0 Å². The second-order valence-corrected chi connectivity index (χ2v) is 3.54. The van der Waals surface area contributed by atoms with Crippen LogP contribution in [0.15, 0.2) is 12.2 Å². The second-order valence-electron chi connectivity index (χ2n) is 3.54. The number of hydrogen-bond acceptors (Lipinski definition) is 0. The molecule has 2 atom stereocenters. The van der Waals surface area contributed by atoms with Crippen molar-refractivity contribution in [3.8, 4) is 0 Å². The third-order valence-corrected chi connectivity index (χ3v) is 2.16. The summed E-state index contributed by atoms with van der Waals surface area (Å²) in [7, 11) is 0. The molecule has 66 valence electrons. The first-order chi connectivity index (χ1) is 5.20. The van der Waals surface area contributed by atoms with Gasteiger partial charge in [-0.25, -0.2) is 0 Å². The summed E-state index contributed by atoms with van der Waals surface area (Å²) in [4.78, 5) is 0. The number of rotatable bonds is 5. The summed E-state index contributed by atoms with van der Waals surface area (Å²) in [5.74, 6) is 1.53. The molecule has 0 radical (unpaired) electrons. The fourth-order valence-corrected chi connectivity index (χ4v) is 1.07.